The molecular formula is C23H26N4O2. The van der Waals surface area contributed by atoms with E-state index in [0.29, 0.717) is 0 Å². The molecule has 0 bridgehead atoms. The maximum atomic E-state index is 10.0. The Bertz CT molecular complexity index is 1170. The standard InChI is InChI=1S/C23H26N4O2/c1-14-11-19-21(27(14)10-9-26(4)5)13-20(22-15(2)25-29-16(22)3)24-23(19)17-7-6-8-18(28)12-17/h6-8,11-13,28H,9-10H2,1-5H3. The van der Waals surface area contributed by atoms with Crippen molar-refractivity contribution < 1.29 is 9.63 Å². The molecule has 0 fully saturated rings. The van der Waals surface area contributed by atoms with Crippen molar-refractivity contribution in [2.45, 2.75) is 27.3 Å². The number of nitrogens with zero attached hydrogens (tertiary/aromatic N) is 4. The number of likely N-dealkylation sites (N-methyl/N-ethyl adjacent to an activating group) is 1. The van der Waals surface area contributed by atoms with Crippen LogP contribution in [0.5, 0.6) is 5.75 Å². The van der Waals surface area contributed by atoms with Crippen LogP contribution < -0.4 is 0 Å². The molecule has 0 atom stereocenters. The Morgan fingerprint density at radius 3 is 2.55 bits per heavy atom. The minimum atomic E-state index is 0.226. The van der Waals surface area contributed by atoms with Gasteiger partial charge in [-0.1, -0.05) is 17.3 Å². The molecule has 0 saturated heterocycles. The SMILES string of the molecule is Cc1noc(C)c1-c1cc2c(cc(C)n2CCN(C)C)c(-c2cccc(O)c2)n1. The number of rotatable bonds is 5. The number of phenols is 1. The predicted octanol–water partition coefficient (Wildman–Crippen LogP) is 4.55. The minimum absolute atomic E-state index is 0.226. The summed E-state index contributed by atoms with van der Waals surface area (Å²) in [6, 6.07) is 11.5. The van der Waals surface area contributed by atoms with Crippen molar-refractivity contribution in [3.8, 4) is 28.3 Å². The Balaban J connectivity index is 2.01. The number of aromatic nitrogens is 3. The molecule has 6 nitrogen and oxygen atoms in total. The zero-order valence-electron chi connectivity index (χ0n) is 17.5. The first-order valence-corrected chi connectivity index (χ1v) is 9.73. The van der Waals surface area contributed by atoms with Crippen molar-refractivity contribution in [3.63, 3.8) is 0 Å². The van der Waals surface area contributed by atoms with Crippen LogP contribution >= 0.6 is 0 Å². The van der Waals surface area contributed by atoms with Gasteiger partial charge in [0.2, 0.25) is 0 Å². The van der Waals surface area contributed by atoms with Crippen LogP contribution in [0.3, 0.4) is 0 Å². The second-order valence-electron chi connectivity index (χ2n) is 7.78. The van der Waals surface area contributed by atoms with Gasteiger partial charge in [-0.25, -0.2) is 4.98 Å². The van der Waals surface area contributed by atoms with Gasteiger partial charge in [0.1, 0.15) is 11.5 Å². The fourth-order valence-corrected chi connectivity index (χ4v) is 3.83. The Morgan fingerprint density at radius 1 is 1.10 bits per heavy atom. The molecule has 0 spiro atoms. The molecule has 4 aromatic rings. The van der Waals surface area contributed by atoms with Gasteiger partial charge in [0.15, 0.2) is 0 Å². The highest BCUT2D eigenvalue weighted by molar-refractivity contribution is 5.96. The third kappa shape index (κ3) is 3.51. The summed E-state index contributed by atoms with van der Waals surface area (Å²) >= 11 is 0. The number of benzene rings is 1. The molecule has 3 heterocycles. The molecule has 0 aliphatic rings. The number of hydrogen-bond acceptors (Lipinski definition) is 5. The van der Waals surface area contributed by atoms with E-state index in [0.717, 1.165) is 58.0 Å². The number of phenolic OH excluding ortho intramolecular Hbond substituents is 1. The molecule has 6 heteroatoms. The molecule has 3 aromatic heterocycles. The highest BCUT2D eigenvalue weighted by Gasteiger charge is 2.19. The second-order valence-corrected chi connectivity index (χ2v) is 7.78. The summed E-state index contributed by atoms with van der Waals surface area (Å²) in [6.45, 7) is 7.78. The van der Waals surface area contributed by atoms with Gasteiger partial charge in [-0.2, -0.15) is 0 Å². The third-order valence-electron chi connectivity index (χ3n) is 5.29. The molecule has 150 valence electrons. The van der Waals surface area contributed by atoms with Crippen molar-refractivity contribution in [3.05, 3.63) is 53.5 Å². The van der Waals surface area contributed by atoms with E-state index in [1.165, 1.54) is 5.69 Å². The molecule has 4 rings (SSSR count). The molecule has 1 aromatic carbocycles. The molecule has 29 heavy (non-hydrogen) atoms. The molecule has 0 aliphatic carbocycles. The minimum Gasteiger partial charge on any atom is -0.508 e. The highest BCUT2D eigenvalue weighted by Crippen LogP contribution is 2.36. The molecule has 0 saturated carbocycles. The average Bonchev–Trinajstić information content (AvgIpc) is 3.17. The van der Waals surface area contributed by atoms with Gasteiger partial charge in [-0.05, 0) is 59.1 Å². The van der Waals surface area contributed by atoms with Gasteiger partial charge in [0.25, 0.3) is 0 Å². The smallest absolute Gasteiger partial charge is 0.143 e. The first-order chi connectivity index (χ1) is 13.8. The van der Waals surface area contributed by atoms with Gasteiger partial charge in [-0.3, -0.25) is 0 Å². The van der Waals surface area contributed by atoms with Crippen LogP contribution in [0.2, 0.25) is 0 Å². The lowest BCUT2D eigenvalue weighted by molar-refractivity contribution is 0.385. The Kier molecular flexibility index (Phi) is 4.88. The van der Waals surface area contributed by atoms with E-state index < -0.39 is 0 Å². The van der Waals surface area contributed by atoms with Crippen LogP contribution in [0.15, 0.2) is 40.9 Å². The van der Waals surface area contributed by atoms with E-state index in [2.05, 4.69) is 47.8 Å². The Labute approximate surface area is 170 Å². The number of fused-ring (bicyclic) bond motifs is 1. The van der Waals surface area contributed by atoms with Crippen LogP contribution in [-0.4, -0.2) is 45.4 Å². The third-order valence-corrected chi connectivity index (χ3v) is 5.29. The average molecular weight is 390 g/mol. The number of pyridine rings is 1. The largest absolute Gasteiger partial charge is 0.508 e. The molecular weight excluding hydrogens is 364 g/mol. The van der Waals surface area contributed by atoms with E-state index in [1.807, 2.05) is 26.0 Å². The van der Waals surface area contributed by atoms with Crippen LogP contribution in [0, 0.1) is 20.8 Å². The maximum absolute atomic E-state index is 10.0. The number of aryl methyl sites for hydroxylation is 3. The monoisotopic (exact) mass is 390 g/mol. The van der Waals surface area contributed by atoms with Crippen molar-refractivity contribution in [2.24, 2.45) is 0 Å². The van der Waals surface area contributed by atoms with Crippen molar-refractivity contribution in [2.75, 3.05) is 20.6 Å². The lowest BCUT2D eigenvalue weighted by atomic mass is 10.0. The van der Waals surface area contributed by atoms with E-state index in [1.54, 1.807) is 12.1 Å². The fraction of sp³-hybridized carbons (Fsp3) is 0.304. The summed E-state index contributed by atoms with van der Waals surface area (Å²) in [5, 5.41) is 15.2. The Hall–Kier alpha value is -3.12. The summed E-state index contributed by atoms with van der Waals surface area (Å²) in [6.07, 6.45) is 0. The van der Waals surface area contributed by atoms with Crippen LogP contribution in [0.1, 0.15) is 17.1 Å². The van der Waals surface area contributed by atoms with E-state index in [9.17, 15) is 5.11 Å². The zero-order chi connectivity index (χ0) is 20.7. The quantitative estimate of drug-likeness (QED) is 0.541. The summed E-state index contributed by atoms with van der Waals surface area (Å²) in [7, 11) is 4.16. The summed E-state index contributed by atoms with van der Waals surface area (Å²) in [4.78, 5) is 7.17. The molecule has 0 radical (unpaired) electrons. The fourth-order valence-electron chi connectivity index (χ4n) is 3.83. The lowest BCUT2D eigenvalue weighted by Crippen LogP contribution is -2.18. The summed E-state index contributed by atoms with van der Waals surface area (Å²) in [5.74, 6) is 0.975. The first-order valence-electron chi connectivity index (χ1n) is 9.73. The second kappa shape index (κ2) is 7.37. The normalized spacial score (nSPS) is 11.7. The van der Waals surface area contributed by atoms with Gasteiger partial charge in [-0.15, -0.1) is 0 Å². The predicted molar refractivity (Wildman–Crippen MR) is 115 cm³/mol. The van der Waals surface area contributed by atoms with Gasteiger partial charge in [0, 0.05) is 29.7 Å². The Morgan fingerprint density at radius 2 is 1.90 bits per heavy atom. The van der Waals surface area contributed by atoms with Gasteiger partial charge >= 0.3 is 0 Å². The van der Waals surface area contributed by atoms with Crippen molar-refractivity contribution in [1.82, 2.24) is 19.6 Å². The van der Waals surface area contributed by atoms with E-state index in [-0.39, 0.29) is 5.75 Å². The summed E-state index contributed by atoms with van der Waals surface area (Å²) in [5.41, 5.74) is 6.60. The lowest BCUT2D eigenvalue weighted by Gasteiger charge is -2.14. The summed E-state index contributed by atoms with van der Waals surface area (Å²) < 4.78 is 7.72. The molecule has 0 aliphatic heterocycles. The van der Waals surface area contributed by atoms with E-state index >= 15 is 0 Å². The van der Waals surface area contributed by atoms with E-state index in [4.69, 9.17) is 9.51 Å². The number of hydrogen-bond donors (Lipinski definition) is 1. The topological polar surface area (TPSA) is 67.3 Å². The molecule has 1 N–H and O–H groups in total. The van der Waals surface area contributed by atoms with Gasteiger partial charge < -0.3 is 19.1 Å². The zero-order valence-corrected chi connectivity index (χ0v) is 17.5. The maximum Gasteiger partial charge on any atom is 0.143 e. The first kappa shape index (κ1) is 19.2. The highest BCUT2D eigenvalue weighted by atomic mass is 16.5. The van der Waals surface area contributed by atoms with Crippen molar-refractivity contribution >= 4 is 10.9 Å². The van der Waals surface area contributed by atoms with Crippen LogP contribution in [-0.2, 0) is 6.54 Å². The van der Waals surface area contributed by atoms with Gasteiger partial charge in [0.05, 0.1) is 28.2 Å². The number of aromatic hydroxyl groups is 1. The van der Waals surface area contributed by atoms with Crippen LogP contribution in [0.25, 0.3) is 33.4 Å². The molecule has 0 unspecified atom stereocenters. The van der Waals surface area contributed by atoms with Crippen LogP contribution in [0.4, 0.5) is 0 Å². The molecule has 0 amide bonds. The van der Waals surface area contributed by atoms with Crippen molar-refractivity contribution in [1.29, 1.82) is 0 Å².